The van der Waals surface area contributed by atoms with Gasteiger partial charge in [0, 0.05) is 22.3 Å². The normalized spacial score (nSPS) is 13.0. The molecule has 1 aliphatic rings. The molecule has 0 bridgehead atoms. The van der Waals surface area contributed by atoms with Crippen LogP contribution in [0.25, 0.3) is 28.2 Å². The zero-order valence-corrected chi connectivity index (χ0v) is 14.5. The largest absolute Gasteiger partial charge is 0.321 e. The molecule has 1 aliphatic heterocycles. The maximum Gasteiger partial charge on any atom is 0.0569 e. The predicted molar refractivity (Wildman–Crippen MR) is 100 cm³/mol. The van der Waals surface area contributed by atoms with Gasteiger partial charge in [-0.05, 0) is 72.7 Å². The van der Waals surface area contributed by atoms with E-state index in [4.69, 9.17) is 11.6 Å². The van der Waals surface area contributed by atoms with Crippen LogP contribution in [0.2, 0.25) is 5.02 Å². The van der Waals surface area contributed by atoms with Crippen molar-refractivity contribution in [2.24, 2.45) is 0 Å². The molecule has 2 heteroatoms. The molecule has 0 spiro atoms. The molecule has 2 heterocycles. The second-order valence-electron chi connectivity index (χ2n) is 6.32. The topological polar surface area (TPSA) is 4.93 Å². The van der Waals surface area contributed by atoms with Gasteiger partial charge in [0.25, 0.3) is 0 Å². The summed E-state index contributed by atoms with van der Waals surface area (Å²) in [6.07, 6.45) is 6.55. The highest BCUT2D eigenvalue weighted by Crippen LogP contribution is 2.41. The van der Waals surface area contributed by atoms with E-state index in [1.165, 1.54) is 44.4 Å². The summed E-state index contributed by atoms with van der Waals surface area (Å²) in [5.41, 5.74) is 9.68. The molecule has 0 saturated heterocycles. The number of benzene rings is 2. The van der Waals surface area contributed by atoms with Gasteiger partial charge in [-0.3, -0.25) is 0 Å². The van der Waals surface area contributed by atoms with Gasteiger partial charge in [-0.1, -0.05) is 36.7 Å². The van der Waals surface area contributed by atoms with Crippen molar-refractivity contribution >= 4 is 28.7 Å². The fourth-order valence-electron chi connectivity index (χ4n) is 3.97. The van der Waals surface area contributed by atoms with Crippen molar-refractivity contribution in [2.45, 2.75) is 33.6 Å². The fraction of sp³-hybridized carbons (Fsp3) is 0.238. The summed E-state index contributed by atoms with van der Waals surface area (Å²) in [7, 11) is 0. The zero-order valence-electron chi connectivity index (χ0n) is 13.8. The van der Waals surface area contributed by atoms with E-state index in [1.807, 2.05) is 12.1 Å². The van der Waals surface area contributed by atoms with Gasteiger partial charge in [0.05, 0.1) is 5.52 Å². The van der Waals surface area contributed by atoms with Crippen LogP contribution in [-0.2, 0) is 12.8 Å². The Morgan fingerprint density at radius 3 is 2.57 bits per heavy atom. The van der Waals surface area contributed by atoms with E-state index in [9.17, 15) is 0 Å². The predicted octanol–water partition coefficient (Wildman–Crippen LogP) is 6.17. The van der Waals surface area contributed by atoms with Gasteiger partial charge in [0.2, 0.25) is 0 Å². The molecule has 0 saturated carbocycles. The van der Waals surface area contributed by atoms with Crippen LogP contribution in [0.1, 0.15) is 29.3 Å². The van der Waals surface area contributed by atoms with Crippen molar-refractivity contribution in [3.8, 4) is 11.1 Å². The Labute approximate surface area is 142 Å². The van der Waals surface area contributed by atoms with E-state index in [1.54, 1.807) is 0 Å². The Balaban J connectivity index is 2.17. The Kier molecular flexibility index (Phi) is 3.35. The molecule has 23 heavy (non-hydrogen) atoms. The van der Waals surface area contributed by atoms with Crippen molar-refractivity contribution < 1.29 is 0 Å². The number of hydrogen-bond acceptors (Lipinski definition) is 0. The van der Waals surface area contributed by atoms with Crippen LogP contribution in [0.15, 0.2) is 36.4 Å². The van der Waals surface area contributed by atoms with Gasteiger partial charge >= 0.3 is 0 Å². The highest BCUT2D eigenvalue weighted by Gasteiger charge is 2.21. The van der Waals surface area contributed by atoms with E-state index < -0.39 is 0 Å². The van der Waals surface area contributed by atoms with Crippen LogP contribution in [0.4, 0.5) is 0 Å². The number of aryl methyl sites for hydroxylation is 1. The van der Waals surface area contributed by atoms with Crippen LogP contribution in [0.5, 0.6) is 0 Å². The number of rotatable bonds is 2. The molecule has 116 valence electrons. The molecule has 2 aromatic carbocycles. The van der Waals surface area contributed by atoms with Crippen LogP contribution < -0.4 is 0 Å². The number of halogens is 1. The van der Waals surface area contributed by atoms with Crippen LogP contribution in [-0.4, -0.2) is 4.57 Å². The number of hydrogen-bond donors (Lipinski definition) is 0. The smallest absolute Gasteiger partial charge is 0.0569 e. The molecule has 0 fully saturated rings. The molecule has 0 amide bonds. The first-order chi connectivity index (χ1) is 11.1. The molecule has 0 atom stereocenters. The first kappa shape index (κ1) is 14.6. The van der Waals surface area contributed by atoms with Gasteiger partial charge in [-0.25, -0.2) is 0 Å². The average Bonchev–Trinajstić information content (AvgIpc) is 2.89. The standard InChI is InChI=1S/C21H20ClN/c1-4-17-14(3)18-6-5-11-23-13(2)12-19(21(18)23)20(17)15-7-9-16(22)10-8-15/h5,7-12H,4,6H2,1-3H3. The maximum atomic E-state index is 6.10. The summed E-state index contributed by atoms with van der Waals surface area (Å²) in [5.74, 6) is 0. The lowest BCUT2D eigenvalue weighted by Crippen LogP contribution is -2.05. The summed E-state index contributed by atoms with van der Waals surface area (Å²) < 4.78 is 2.33. The minimum absolute atomic E-state index is 0.786. The Bertz CT molecular complexity index is 943. The van der Waals surface area contributed by atoms with Crippen molar-refractivity contribution in [1.29, 1.82) is 0 Å². The molecule has 0 unspecified atom stereocenters. The van der Waals surface area contributed by atoms with Gasteiger partial charge in [-0.15, -0.1) is 0 Å². The number of aromatic nitrogens is 1. The Hall–Kier alpha value is -1.99. The molecule has 0 radical (unpaired) electrons. The summed E-state index contributed by atoms with van der Waals surface area (Å²) in [6.45, 7) is 6.72. The van der Waals surface area contributed by atoms with E-state index in [0.29, 0.717) is 0 Å². The first-order valence-corrected chi connectivity index (χ1v) is 8.58. The summed E-state index contributed by atoms with van der Waals surface area (Å²) in [5, 5.41) is 2.15. The second-order valence-corrected chi connectivity index (χ2v) is 6.76. The lowest BCUT2D eigenvalue weighted by atomic mass is 9.86. The maximum absolute atomic E-state index is 6.10. The van der Waals surface area contributed by atoms with E-state index >= 15 is 0 Å². The monoisotopic (exact) mass is 321 g/mol. The van der Waals surface area contributed by atoms with Crippen molar-refractivity contribution in [2.75, 3.05) is 0 Å². The summed E-state index contributed by atoms with van der Waals surface area (Å²) >= 11 is 6.10. The molecule has 0 N–H and O–H groups in total. The number of allylic oxidation sites excluding steroid dienone is 1. The Morgan fingerprint density at radius 1 is 1.13 bits per heavy atom. The third-order valence-corrected chi connectivity index (χ3v) is 5.31. The van der Waals surface area contributed by atoms with Gasteiger partial charge in [0.15, 0.2) is 0 Å². The van der Waals surface area contributed by atoms with E-state index in [0.717, 1.165) is 17.9 Å². The van der Waals surface area contributed by atoms with Crippen molar-refractivity contribution in [3.63, 3.8) is 0 Å². The third kappa shape index (κ3) is 2.07. The minimum Gasteiger partial charge on any atom is -0.321 e. The quantitative estimate of drug-likeness (QED) is 0.532. The van der Waals surface area contributed by atoms with Crippen molar-refractivity contribution in [1.82, 2.24) is 4.57 Å². The average molecular weight is 322 g/mol. The molecular formula is C21H20ClN. The highest BCUT2D eigenvalue weighted by molar-refractivity contribution is 6.30. The van der Waals surface area contributed by atoms with Crippen LogP contribution in [0.3, 0.4) is 0 Å². The molecular weight excluding hydrogens is 302 g/mol. The van der Waals surface area contributed by atoms with Crippen LogP contribution >= 0.6 is 11.6 Å². The lowest BCUT2D eigenvalue weighted by Gasteiger charge is -2.21. The molecule has 0 aliphatic carbocycles. The first-order valence-electron chi connectivity index (χ1n) is 8.20. The summed E-state index contributed by atoms with van der Waals surface area (Å²) in [6, 6.07) is 10.6. The molecule has 1 nitrogen and oxygen atoms in total. The molecule has 3 aromatic rings. The van der Waals surface area contributed by atoms with Gasteiger partial charge in [0.1, 0.15) is 0 Å². The molecule has 1 aromatic heterocycles. The lowest BCUT2D eigenvalue weighted by molar-refractivity contribution is 1.04. The highest BCUT2D eigenvalue weighted by atomic mass is 35.5. The van der Waals surface area contributed by atoms with Crippen LogP contribution in [0, 0.1) is 13.8 Å². The second kappa shape index (κ2) is 5.28. The summed E-state index contributed by atoms with van der Waals surface area (Å²) in [4.78, 5) is 0. The van der Waals surface area contributed by atoms with Crippen molar-refractivity contribution in [3.05, 3.63) is 63.8 Å². The fourth-order valence-corrected chi connectivity index (χ4v) is 4.09. The molecule has 4 rings (SSSR count). The van der Waals surface area contributed by atoms with Gasteiger partial charge in [-0.2, -0.15) is 0 Å². The van der Waals surface area contributed by atoms with Gasteiger partial charge < -0.3 is 4.57 Å². The zero-order chi connectivity index (χ0) is 16.1. The third-order valence-electron chi connectivity index (χ3n) is 5.05. The van der Waals surface area contributed by atoms with E-state index in [-0.39, 0.29) is 0 Å². The SMILES string of the molecule is CCc1c(C)c2c3c(cc(C)n3C=CC2)c1-c1ccc(Cl)cc1. The Morgan fingerprint density at radius 2 is 1.87 bits per heavy atom. The minimum atomic E-state index is 0.786. The number of nitrogens with zero attached hydrogens (tertiary/aromatic N) is 1. The van der Waals surface area contributed by atoms with E-state index in [2.05, 4.69) is 55.8 Å².